The summed E-state index contributed by atoms with van der Waals surface area (Å²) in [6, 6.07) is 13.8. The number of carbonyl (C=O) groups is 1. The van der Waals surface area contributed by atoms with Crippen LogP contribution in [0.1, 0.15) is 11.1 Å². The second kappa shape index (κ2) is 8.01. The maximum Gasteiger partial charge on any atom is 0.230 e. The predicted octanol–water partition coefficient (Wildman–Crippen LogP) is 2.51. The molecule has 1 heterocycles. The number of nitrogens with zero attached hydrogens (tertiary/aromatic N) is 3. The van der Waals surface area contributed by atoms with Crippen LogP contribution in [0.3, 0.4) is 0 Å². The van der Waals surface area contributed by atoms with Crippen molar-refractivity contribution in [3.8, 4) is 11.4 Å². The number of nitrogen functional groups attached to an aromatic ring is 1. The first-order valence-electron chi connectivity index (χ1n) is 7.94. The summed E-state index contributed by atoms with van der Waals surface area (Å²) in [5.74, 6) is 6.27. The van der Waals surface area contributed by atoms with Crippen molar-refractivity contribution >= 4 is 17.7 Å². The van der Waals surface area contributed by atoms with E-state index in [9.17, 15) is 9.18 Å². The Hall–Kier alpha value is -2.87. The minimum atomic E-state index is -0.303. The van der Waals surface area contributed by atoms with E-state index in [1.807, 2.05) is 31.2 Å². The average molecular weight is 371 g/mol. The van der Waals surface area contributed by atoms with Gasteiger partial charge in [0.25, 0.3) is 0 Å². The summed E-state index contributed by atoms with van der Waals surface area (Å²) in [6.45, 7) is 2.34. The van der Waals surface area contributed by atoms with E-state index in [0.29, 0.717) is 17.5 Å². The lowest BCUT2D eigenvalue weighted by Crippen LogP contribution is -2.25. The van der Waals surface area contributed by atoms with Crippen LogP contribution >= 0.6 is 11.8 Å². The van der Waals surface area contributed by atoms with E-state index in [2.05, 4.69) is 15.5 Å². The number of rotatable bonds is 6. The molecule has 0 bridgehead atoms. The van der Waals surface area contributed by atoms with Gasteiger partial charge in [-0.25, -0.2) is 9.07 Å². The van der Waals surface area contributed by atoms with Crippen LogP contribution in [-0.2, 0) is 11.3 Å². The number of carbonyl (C=O) groups excluding carboxylic acids is 1. The van der Waals surface area contributed by atoms with Gasteiger partial charge in [-0.15, -0.1) is 10.2 Å². The molecule has 8 heteroatoms. The van der Waals surface area contributed by atoms with Crippen molar-refractivity contribution in [2.45, 2.75) is 18.6 Å². The fourth-order valence-electron chi connectivity index (χ4n) is 2.26. The number of nitrogens with one attached hydrogen (secondary N) is 1. The average Bonchev–Trinajstić information content (AvgIpc) is 3.01. The van der Waals surface area contributed by atoms with Gasteiger partial charge in [0.1, 0.15) is 5.82 Å². The smallest absolute Gasteiger partial charge is 0.230 e. The molecule has 0 unspecified atom stereocenters. The summed E-state index contributed by atoms with van der Waals surface area (Å²) in [6.07, 6.45) is 0. The lowest BCUT2D eigenvalue weighted by molar-refractivity contribution is -0.118. The second-order valence-electron chi connectivity index (χ2n) is 5.73. The zero-order valence-electron chi connectivity index (χ0n) is 14.1. The molecule has 1 amide bonds. The van der Waals surface area contributed by atoms with E-state index in [-0.39, 0.29) is 17.5 Å². The van der Waals surface area contributed by atoms with Gasteiger partial charge in [-0.1, -0.05) is 53.7 Å². The molecule has 0 aliphatic carbocycles. The van der Waals surface area contributed by atoms with E-state index in [4.69, 9.17) is 5.84 Å². The predicted molar refractivity (Wildman–Crippen MR) is 99.3 cm³/mol. The minimum Gasteiger partial charge on any atom is -0.351 e. The van der Waals surface area contributed by atoms with Crippen LogP contribution in [0.2, 0.25) is 0 Å². The molecule has 0 saturated carbocycles. The lowest BCUT2D eigenvalue weighted by atomic mass is 10.1. The molecule has 26 heavy (non-hydrogen) atoms. The van der Waals surface area contributed by atoms with Gasteiger partial charge in [0.05, 0.1) is 5.75 Å². The summed E-state index contributed by atoms with van der Waals surface area (Å²) in [7, 11) is 0. The highest BCUT2D eigenvalue weighted by Gasteiger charge is 2.13. The fourth-order valence-corrected chi connectivity index (χ4v) is 2.95. The normalized spacial score (nSPS) is 10.7. The Balaban J connectivity index is 1.55. The Morgan fingerprint density at radius 1 is 1.15 bits per heavy atom. The van der Waals surface area contributed by atoms with Gasteiger partial charge in [-0.05, 0) is 24.6 Å². The molecule has 134 valence electrons. The maximum atomic E-state index is 12.9. The molecule has 3 rings (SSSR count). The Kier molecular flexibility index (Phi) is 5.52. The highest BCUT2D eigenvalue weighted by molar-refractivity contribution is 7.99. The van der Waals surface area contributed by atoms with Crippen LogP contribution in [0.4, 0.5) is 4.39 Å². The number of aromatic nitrogens is 3. The maximum absolute atomic E-state index is 12.9. The highest BCUT2D eigenvalue weighted by atomic mass is 32.2. The molecule has 0 aliphatic heterocycles. The van der Waals surface area contributed by atoms with Gasteiger partial charge >= 0.3 is 0 Å². The third kappa shape index (κ3) is 4.40. The molecular weight excluding hydrogens is 353 g/mol. The van der Waals surface area contributed by atoms with Crippen molar-refractivity contribution in [1.29, 1.82) is 0 Å². The van der Waals surface area contributed by atoms with Gasteiger partial charge in [-0.2, -0.15) is 0 Å². The second-order valence-corrected chi connectivity index (χ2v) is 6.68. The molecule has 0 spiro atoms. The number of nitrogens with two attached hydrogens (primary N) is 1. The molecule has 0 saturated heterocycles. The van der Waals surface area contributed by atoms with E-state index >= 15 is 0 Å². The molecule has 3 N–H and O–H groups in total. The molecule has 0 atom stereocenters. The summed E-state index contributed by atoms with van der Waals surface area (Å²) >= 11 is 1.20. The van der Waals surface area contributed by atoms with Crippen LogP contribution in [0.25, 0.3) is 11.4 Å². The topological polar surface area (TPSA) is 85.8 Å². The largest absolute Gasteiger partial charge is 0.351 e. The summed E-state index contributed by atoms with van der Waals surface area (Å²) in [4.78, 5) is 12.0. The van der Waals surface area contributed by atoms with Crippen molar-refractivity contribution in [3.05, 3.63) is 65.5 Å². The zero-order chi connectivity index (χ0) is 18.5. The third-order valence-corrected chi connectivity index (χ3v) is 4.65. The van der Waals surface area contributed by atoms with Crippen molar-refractivity contribution < 1.29 is 9.18 Å². The van der Waals surface area contributed by atoms with E-state index in [0.717, 1.165) is 16.7 Å². The fraction of sp³-hybridized carbons (Fsp3) is 0.167. The van der Waals surface area contributed by atoms with Crippen molar-refractivity contribution in [2.24, 2.45) is 0 Å². The first-order chi connectivity index (χ1) is 12.5. The van der Waals surface area contributed by atoms with Crippen LogP contribution in [0.5, 0.6) is 0 Å². The molecule has 0 fully saturated rings. The number of thioether (sulfide) groups is 1. The number of benzene rings is 2. The summed E-state index contributed by atoms with van der Waals surface area (Å²) in [5, 5.41) is 11.4. The van der Waals surface area contributed by atoms with Crippen LogP contribution in [-0.4, -0.2) is 26.5 Å². The third-order valence-electron chi connectivity index (χ3n) is 3.71. The SMILES string of the molecule is Cc1ccc(-c2nnc(SCC(=O)NCc3ccc(F)cc3)n2N)cc1. The zero-order valence-corrected chi connectivity index (χ0v) is 15.0. The molecule has 3 aromatic rings. The number of aryl methyl sites for hydroxylation is 1. The Bertz CT molecular complexity index is 893. The van der Waals surface area contributed by atoms with Gasteiger partial charge in [0, 0.05) is 12.1 Å². The summed E-state index contributed by atoms with van der Waals surface area (Å²) < 4.78 is 14.2. The monoisotopic (exact) mass is 371 g/mol. The quantitative estimate of drug-likeness (QED) is 0.514. The van der Waals surface area contributed by atoms with Crippen LogP contribution in [0, 0.1) is 12.7 Å². The standard InChI is InChI=1S/C18H18FN5OS/c1-12-2-6-14(7-3-12)17-22-23-18(24(17)20)26-11-16(25)21-10-13-4-8-15(19)9-5-13/h2-9H,10-11,20H2,1H3,(H,21,25). The molecule has 0 aliphatic rings. The first-order valence-corrected chi connectivity index (χ1v) is 8.93. The van der Waals surface area contributed by atoms with Gasteiger partial charge in [0.2, 0.25) is 11.1 Å². The molecular formula is C18H18FN5OS. The van der Waals surface area contributed by atoms with Gasteiger partial charge in [0.15, 0.2) is 5.82 Å². The Morgan fingerprint density at radius 3 is 2.54 bits per heavy atom. The van der Waals surface area contributed by atoms with Crippen LogP contribution < -0.4 is 11.2 Å². The van der Waals surface area contributed by atoms with E-state index in [1.54, 1.807) is 12.1 Å². The first kappa shape index (κ1) is 17.9. The van der Waals surface area contributed by atoms with Crippen molar-refractivity contribution in [3.63, 3.8) is 0 Å². The molecule has 2 aromatic carbocycles. The summed E-state index contributed by atoms with van der Waals surface area (Å²) in [5.41, 5.74) is 2.83. The number of hydrogen-bond donors (Lipinski definition) is 2. The molecule has 0 radical (unpaired) electrons. The molecule has 1 aromatic heterocycles. The number of hydrogen-bond acceptors (Lipinski definition) is 5. The van der Waals surface area contributed by atoms with Crippen LogP contribution in [0.15, 0.2) is 53.7 Å². The number of halogens is 1. The molecule has 6 nitrogen and oxygen atoms in total. The Morgan fingerprint density at radius 2 is 1.85 bits per heavy atom. The minimum absolute atomic E-state index is 0.157. The highest BCUT2D eigenvalue weighted by Crippen LogP contribution is 2.21. The van der Waals surface area contributed by atoms with E-state index in [1.165, 1.54) is 28.6 Å². The Labute approximate surface area is 154 Å². The number of amides is 1. The lowest BCUT2D eigenvalue weighted by Gasteiger charge is -2.06. The van der Waals surface area contributed by atoms with Crippen molar-refractivity contribution in [1.82, 2.24) is 20.2 Å². The van der Waals surface area contributed by atoms with Gasteiger partial charge in [-0.3, -0.25) is 4.79 Å². The van der Waals surface area contributed by atoms with E-state index < -0.39 is 0 Å². The van der Waals surface area contributed by atoms with Crippen molar-refractivity contribution in [2.75, 3.05) is 11.6 Å². The van der Waals surface area contributed by atoms with Gasteiger partial charge < -0.3 is 11.2 Å².